The van der Waals surface area contributed by atoms with Crippen LogP contribution in [-0.4, -0.2) is 38.2 Å². The number of carbonyl (C=O) groups is 1. The largest absolute Gasteiger partial charge is 0.454 e. The molecule has 0 bridgehead atoms. The number of hydrogen-bond donors (Lipinski definition) is 1. The first-order valence-electron chi connectivity index (χ1n) is 13.7. The van der Waals surface area contributed by atoms with Gasteiger partial charge in [0.1, 0.15) is 6.10 Å². The van der Waals surface area contributed by atoms with E-state index >= 15 is 0 Å². The highest BCUT2D eigenvalue weighted by molar-refractivity contribution is 6.99. The van der Waals surface area contributed by atoms with Crippen molar-refractivity contribution in [2.24, 2.45) is 11.3 Å². The van der Waals surface area contributed by atoms with Crippen molar-refractivity contribution in [3.05, 3.63) is 109 Å². The number of rotatable bonds is 12. The van der Waals surface area contributed by atoms with Gasteiger partial charge in [0.25, 0.3) is 8.32 Å². The Labute approximate surface area is 235 Å². The Hall–Kier alpha value is -2.99. The number of aliphatic hydroxyl groups excluding tert-OH is 1. The highest BCUT2D eigenvalue weighted by Gasteiger charge is 2.50. The van der Waals surface area contributed by atoms with Crippen LogP contribution in [0, 0.1) is 11.3 Å². The van der Waals surface area contributed by atoms with Gasteiger partial charge in [0.15, 0.2) is 0 Å². The fourth-order valence-electron chi connectivity index (χ4n) is 5.23. The van der Waals surface area contributed by atoms with Gasteiger partial charge in [-0.05, 0) is 39.9 Å². The molecule has 0 heterocycles. The summed E-state index contributed by atoms with van der Waals surface area (Å²) in [6.07, 6.45) is 0.721. The molecule has 39 heavy (non-hydrogen) atoms. The predicted octanol–water partition coefficient (Wildman–Crippen LogP) is 6.39. The van der Waals surface area contributed by atoms with Crippen molar-refractivity contribution in [2.75, 3.05) is 6.61 Å². The van der Waals surface area contributed by atoms with Gasteiger partial charge in [-0.1, -0.05) is 133 Å². The maximum absolute atomic E-state index is 12.7. The van der Waals surface area contributed by atoms with E-state index in [1.807, 2.05) is 32.0 Å². The summed E-state index contributed by atoms with van der Waals surface area (Å²) < 4.78 is 12.9. The number of hydrogen-bond acceptors (Lipinski definition) is 4. The van der Waals surface area contributed by atoms with Gasteiger partial charge in [-0.2, -0.15) is 0 Å². The molecule has 3 aromatic rings. The van der Waals surface area contributed by atoms with E-state index in [0.29, 0.717) is 18.6 Å². The molecule has 0 unspecified atom stereocenters. The molecular weight excluding hydrogens is 500 g/mol. The van der Waals surface area contributed by atoms with E-state index in [-0.39, 0.29) is 11.0 Å². The van der Waals surface area contributed by atoms with Crippen molar-refractivity contribution in [2.45, 2.75) is 65.2 Å². The molecule has 0 radical (unpaired) electrons. The summed E-state index contributed by atoms with van der Waals surface area (Å²) in [7, 11) is -2.66. The standard InChI is InChI=1S/C34H44O4Si/c1-8-31(38-32(36)27-18-12-9-13-19-27)34(6,7)30(35)24-26(2)25-37-39(33(3,4)5,28-20-14-10-15-21-28)29-22-16-11-17-23-29/h8-23,26,30-31,35H,1,24-25H2,2-7H3/t26-,30-,31-/m1/s1. The lowest BCUT2D eigenvalue weighted by Crippen LogP contribution is -2.66. The van der Waals surface area contributed by atoms with Gasteiger partial charge >= 0.3 is 5.97 Å². The summed E-state index contributed by atoms with van der Waals surface area (Å²) in [5.74, 6) is -0.361. The van der Waals surface area contributed by atoms with Crippen LogP contribution in [0.5, 0.6) is 0 Å². The Morgan fingerprint density at radius 2 is 1.33 bits per heavy atom. The average molecular weight is 545 g/mol. The first-order valence-corrected chi connectivity index (χ1v) is 15.7. The van der Waals surface area contributed by atoms with Crippen LogP contribution in [0.1, 0.15) is 58.3 Å². The fraction of sp³-hybridized carbons (Fsp3) is 0.382. The minimum Gasteiger partial charge on any atom is -0.454 e. The second-order valence-corrected chi connectivity index (χ2v) is 16.4. The summed E-state index contributed by atoms with van der Waals surface area (Å²) in [5, 5.41) is 13.7. The van der Waals surface area contributed by atoms with Crippen LogP contribution in [0.15, 0.2) is 104 Å². The van der Waals surface area contributed by atoms with Gasteiger partial charge in [0.05, 0.1) is 11.7 Å². The molecule has 0 saturated carbocycles. The van der Waals surface area contributed by atoms with Crippen LogP contribution in [0.4, 0.5) is 0 Å². The molecule has 3 atom stereocenters. The first-order chi connectivity index (χ1) is 18.4. The van der Waals surface area contributed by atoms with E-state index in [1.165, 1.54) is 10.4 Å². The molecule has 0 aliphatic rings. The second-order valence-electron chi connectivity index (χ2n) is 12.1. The Kier molecular flexibility index (Phi) is 10.1. The topological polar surface area (TPSA) is 55.8 Å². The Bertz CT molecular complexity index is 1150. The van der Waals surface area contributed by atoms with E-state index in [4.69, 9.17) is 9.16 Å². The third-order valence-corrected chi connectivity index (χ3v) is 12.7. The normalized spacial score (nSPS) is 14.7. The van der Waals surface area contributed by atoms with Crippen LogP contribution >= 0.6 is 0 Å². The van der Waals surface area contributed by atoms with Crippen LogP contribution in [0.25, 0.3) is 0 Å². The lowest BCUT2D eigenvalue weighted by atomic mass is 9.77. The molecule has 4 nitrogen and oxygen atoms in total. The Morgan fingerprint density at radius 3 is 1.77 bits per heavy atom. The average Bonchev–Trinajstić information content (AvgIpc) is 2.92. The molecule has 1 N–H and O–H groups in total. The predicted molar refractivity (Wildman–Crippen MR) is 163 cm³/mol. The van der Waals surface area contributed by atoms with Crippen LogP contribution in [0.3, 0.4) is 0 Å². The summed E-state index contributed by atoms with van der Waals surface area (Å²) in [4.78, 5) is 12.7. The zero-order valence-electron chi connectivity index (χ0n) is 24.3. The van der Waals surface area contributed by atoms with E-state index in [0.717, 1.165) is 0 Å². The van der Waals surface area contributed by atoms with Crippen molar-refractivity contribution in [3.8, 4) is 0 Å². The quantitative estimate of drug-likeness (QED) is 0.163. The minimum atomic E-state index is -2.66. The van der Waals surface area contributed by atoms with Crippen molar-refractivity contribution >= 4 is 24.7 Å². The van der Waals surface area contributed by atoms with Crippen molar-refractivity contribution in [1.29, 1.82) is 0 Å². The number of benzene rings is 3. The maximum Gasteiger partial charge on any atom is 0.338 e. The summed E-state index contributed by atoms with van der Waals surface area (Å²) in [6.45, 7) is 17.1. The molecule has 0 saturated heterocycles. The zero-order valence-corrected chi connectivity index (χ0v) is 25.3. The Balaban J connectivity index is 1.78. The second kappa shape index (κ2) is 12.9. The van der Waals surface area contributed by atoms with Gasteiger partial charge in [0, 0.05) is 12.0 Å². The third kappa shape index (κ3) is 6.96. The van der Waals surface area contributed by atoms with Gasteiger partial charge in [-0.3, -0.25) is 0 Å². The van der Waals surface area contributed by atoms with Gasteiger partial charge in [0.2, 0.25) is 0 Å². The van der Waals surface area contributed by atoms with Gasteiger partial charge in [-0.25, -0.2) is 4.79 Å². The number of esters is 1. The molecule has 0 fully saturated rings. The maximum atomic E-state index is 12.7. The Morgan fingerprint density at radius 1 is 0.872 bits per heavy atom. The number of aliphatic hydroxyl groups is 1. The number of ether oxygens (including phenoxy) is 1. The highest BCUT2D eigenvalue weighted by atomic mass is 28.4. The lowest BCUT2D eigenvalue weighted by Gasteiger charge is -2.44. The molecule has 3 aromatic carbocycles. The monoisotopic (exact) mass is 544 g/mol. The molecular formula is C34H44O4Si. The first kappa shape index (κ1) is 30.5. The van der Waals surface area contributed by atoms with Crippen LogP contribution < -0.4 is 10.4 Å². The molecule has 0 aromatic heterocycles. The van der Waals surface area contributed by atoms with E-state index in [2.05, 4.69) is 82.8 Å². The van der Waals surface area contributed by atoms with Gasteiger partial charge < -0.3 is 14.3 Å². The number of carbonyl (C=O) groups excluding carboxylic acids is 1. The zero-order chi connectivity index (χ0) is 28.7. The lowest BCUT2D eigenvalue weighted by molar-refractivity contribution is -0.0521. The van der Waals surface area contributed by atoms with Gasteiger partial charge in [-0.15, -0.1) is 0 Å². The molecule has 208 valence electrons. The highest BCUT2D eigenvalue weighted by Crippen LogP contribution is 2.38. The SMILES string of the molecule is C=C[C@@H](OC(=O)c1ccccc1)C(C)(C)[C@H](O)C[C@@H](C)CO[Si](c1ccccc1)(c1ccccc1)C(C)(C)C. The van der Waals surface area contributed by atoms with Crippen molar-refractivity contribution in [3.63, 3.8) is 0 Å². The summed E-state index contributed by atoms with van der Waals surface area (Å²) >= 11 is 0. The van der Waals surface area contributed by atoms with E-state index in [1.54, 1.807) is 30.3 Å². The van der Waals surface area contributed by atoms with Crippen LogP contribution in [0.2, 0.25) is 5.04 Å². The van der Waals surface area contributed by atoms with E-state index < -0.39 is 31.9 Å². The van der Waals surface area contributed by atoms with Crippen molar-refractivity contribution in [1.82, 2.24) is 0 Å². The fourth-order valence-corrected chi connectivity index (χ4v) is 9.92. The molecule has 0 amide bonds. The third-order valence-electron chi connectivity index (χ3n) is 7.68. The molecule has 3 rings (SSSR count). The smallest absolute Gasteiger partial charge is 0.338 e. The van der Waals surface area contributed by atoms with Crippen LogP contribution in [-0.2, 0) is 9.16 Å². The molecule has 0 spiro atoms. The van der Waals surface area contributed by atoms with E-state index in [9.17, 15) is 9.90 Å². The summed E-state index contributed by atoms with van der Waals surface area (Å²) in [6, 6.07) is 30.0. The molecule has 0 aliphatic carbocycles. The summed E-state index contributed by atoms with van der Waals surface area (Å²) in [5.41, 5.74) is -0.264. The van der Waals surface area contributed by atoms with Crippen molar-refractivity contribution < 1.29 is 19.1 Å². The minimum absolute atomic E-state index is 0.0659. The molecule has 5 heteroatoms. The molecule has 0 aliphatic heterocycles.